The van der Waals surface area contributed by atoms with Gasteiger partial charge in [0.15, 0.2) is 5.82 Å². The first-order chi connectivity index (χ1) is 28.5. The maximum absolute atomic E-state index is 12.6. The minimum absolute atomic E-state index is 0.0228. The van der Waals surface area contributed by atoms with E-state index in [2.05, 4.69) is 164 Å². The second kappa shape index (κ2) is 14.5. The molecule has 8 aromatic carbocycles. The van der Waals surface area contributed by atoms with Crippen LogP contribution in [0.4, 0.5) is 0 Å². The number of hydrogen-bond donors (Lipinski definition) is 0. The van der Waals surface area contributed by atoms with Crippen LogP contribution in [0, 0.1) is 0 Å². The number of nitrogens with zero attached hydrogens (tertiary/aromatic N) is 4. The average Bonchev–Trinajstić information content (AvgIpc) is 3.52. The van der Waals surface area contributed by atoms with Crippen LogP contribution in [0.25, 0.3) is 100 Å². The molecule has 0 spiro atoms. The summed E-state index contributed by atoms with van der Waals surface area (Å²) < 4.78 is 3.41. The molecule has 0 N–H and O–H groups in total. The molecule has 0 fully saturated rings. The van der Waals surface area contributed by atoms with Crippen molar-refractivity contribution in [2.24, 2.45) is 14.1 Å². The zero-order chi connectivity index (χ0) is 39.2. The van der Waals surface area contributed by atoms with Crippen LogP contribution in [0.3, 0.4) is 0 Å². The topological polar surface area (TPSA) is 52.7 Å². The summed E-state index contributed by atoms with van der Waals surface area (Å²) in [5.74, 6) is 0.697. The molecule has 0 aliphatic carbocycles. The second-order valence-corrected chi connectivity index (χ2v) is 14.7. The van der Waals surface area contributed by atoms with Gasteiger partial charge in [-0.15, -0.1) is 0 Å². The summed E-state index contributed by atoms with van der Waals surface area (Å²) in [4.78, 5) is 22.8. The van der Waals surface area contributed by atoms with E-state index < -0.39 is 0 Å². The van der Waals surface area contributed by atoms with Gasteiger partial charge in [-0.3, -0.25) is 9.13 Å². The van der Waals surface area contributed by atoms with E-state index in [0.717, 1.165) is 72.5 Å². The van der Waals surface area contributed by atoms with Crippen LogP contribution < -0.4 is 5.69 Å². The normalized spacial score (nSPS) is 11.3. The van der Waals surface area contributed by atoms with Crippen molar-refractivity contribution in [2.75, 3.05) is 0 Å². The SMILES string of the molecule is Cn1c(=O)n(C)c2cc(-c3ccc(-c4ccc(-c5ccc(-c6cc(-c7cccc(-c8ccccc8)c7)nc(-c7ccccc7)n6)cc5)cc4)c4ccccc34)ccc21. The molecule has 0 aliphatic rings. The number of aromatic nitrogens is 4. The number of rotatable bonds is 7. The van der Waals surface area contributed by atoms with Gasteiger partial charge in [0.1, 0.15) is 0 Å². The highest BCUT2D eigenvalue weighted by atomic mass is 16.1. The minimum atomic E-state index is -0.0228. The number of fused-ring (bicyclic) bond motifs is 2. The Morgan fingerprint density at radius 1 is 0.345 bits per heavy atom. The Kier molecular flexibility index (Phi) is 8.68. The number of imidazole rings is 1. The lowest BCUT2D eigenvalue weighted by Gasteiger charge is -2.13. The van der Waals surface area contributed by atoms with E-state index in [1.807, 2.05) is 44.4 Å². The Bertz CT molecular complexity index is 3180. The highest BCUT2D eigenvalue weighted by Gasteiger charge is 2.15. The first-order valence-electron chi connectivity index (χ1n) is 19.5. The monoisotopic (exact) mass is 746 g/mol. The number of benzene rings is 8. The molecule has 0 atom stereocenters. The van der Waals surface area contributed by atoms with Crippen molar-refractivity contribution in [3.05, 3.63) is 205 Å². The zero-order valence-electron chi connectivity index (χ0n) is 32.2. The summed E-state index contributed by atoms with van der Waals surface area (Å²) in [5, 5.41) is 2.36. The molecule has 0 bridgehead atoms. The predicted octanol–water partition coefficient (Wildman–Crippen LogP) is 12.5. The van der Waals surface area contributed by atoms with Gasteiger partial charge in [-0.25, -0.2) is 14.8 Å². The van der Waals surface area contributed by atoms with Gasteiger partial charge >= 0.3 is 5.69 Å². The van der Waals surface area contributed by atoms with Crippen molar-refractivity contribution in [3.8, 4) is 78.4 Å². The van der Waals surface area contributed by atoms with Gasteiger partial charge in [0.2, 0.25) is 0 Å². The predicted molar refractivity (Wildman–Crippen MR) is 239 cm³/mol. The van der Waals surface area contributed by atoms with E-state index in [4.69, 9.17) is 9.97 Å². The third-order valence-electron chi connectivity index (χ3n) is 11.2. The molecule has 2 aromatic heterocycles. The third-order valence-corrected chi connectivity index (χ3v) is 11.2. The smallest absolute Gasteiger partial charge is 0.295 e. The molecule has 2 heterocycles. The molecule has 10 rings (SSSR count). The van der Waals surface area contributed by atoms with E-state index in [9.17, 15) is 4.79 Å². The molecule has 0 unspecified atom stereocenters. The molecule has 0 amide bonds. The van der Waals surface area contributed by atoms with Gasteiger partial charge in [0.05, 0.1) is 22.4 Å². The molecular formula is C53H38N4O. The second-order valence-electron chi connectivity index (χ2n) is 14.7. The Hall–Kier alpha value is -7.63. The number of hydrogen-bond acceptors (Lipinski definition) is 3. The van der Waals surface area contributed by atoms with Gasteiger partial charge in [0, 0.05) is 30.8 Å². The Morgan fingerprint density at radius 3 is 1.47 bits per heavy atom. The highest BCUT2D eigenvalue weighted by molar-refractivity contribution is 6.05. The lowest BCUT2D eigenvalue weighted by Crippen LogP contribution is -2.19. The van der Waals surface area contributed by atoms with E-state index >= 15 is 0 Å². The lowest BCUT2D eigenvalue weighted by atomic mass is 9.91. The summed E-state index contributed by atoms with van der Waals surface area (Å²) in [7, 11) is 3.65. The van der Waals surface area contributed by atoms with Crippen LogP contribution in [0.15, 0.2) is 199 Å². The number of aryl methyl sites for hydroxylation is 2. The summed E-state index contributed by atoms with van der Waals surface area (Å²) >= 11 is 0. The lowest BCUT2D eigenvalue weighted by molar-refractivity contribution is 0.795. The Labute approximate surface area is 336 Å². The fourth-order valence-electron chi connectivity index (χ4n) is 8.10. The molecule has 5 nitrogen and oxygen atoms in total. The Balaban J connectivity index is 0.963. The van der Waals surface area contributed by atoms with Crippen LogP contribution in [0.1, 0.15) is 0 Å². The maximum Gasteiger partial charge on any atom is 0.328 e. The van der Waals surface area contributed by atoms with E-state index in [0.29, 0.717) is 5.82 Å². The van der Waals surface area contributed by atoms with Gasteiger partial charge < -0.3 is 0 Å². The Morgan fingerprint density at radius 2 is 0.810 bits per heavy atom. The average molecular weight is 747 g/mol. The van der Waals surface area contributed by atoms with Gasteiger partial charge in [0.25, 0.3) is 0 Å². The van der Waals surface area contributed by atoms with Gasteiger partial charge in [-0.05, 0) is 79.5 Å². The molecule has 0 aliphatic heterocycles. The molecule has 0 saturated heterocycles. The largest absolute Gasteiger partial charge is 0.328 e. The molecular weight excluding hydrogens is 709 g/mol. The van der Waals surface area contributed by atoms with E-state index in [1.165, 1.54) is 21.9 Å². The summed E-state index contributed by atoms with van der Waals surface area (Å²) in [6.07, 6.45) is 0. The van der Waals surface area contributed by atoms with Gasteiger partial charge in [-0.1, -0.05) is 170 Å². The van der Waals surface area contributed by atoms with Crippen molar-refractivity contribution in [3.63, 3.8) is 0 Å². The quantitative estimate of drug-likeness (QED) is 0.163. The third kappa shape index (κ3) is 6.29. The fraction of sp³-hybridized carbons (Fsp3) is 0.0377. The molecule has 0 radical (unpaired) electrons. The van der Waals surface area contributed by atoms with Crippen LogP contribution in [-0.2, 0) is 14.1 Å². The van der Waals surface area contributed by atoms with Crippen LogP contribution >= 0.6 is 0 Å². The van der Waals surface area contributed by atoms with Crippen molar-refractivity contribution >= 4 is 21.8 Å². The first-order valence-corrected chi connectivity index (χ1v) is 19.5. The molecule has 0 saturated carbocycles. The highest BCUT2D eigenvalue weighted by Crippen LogP contribution is 2.38. The fourth-order valence-corrected chi connectivity index (χ4v) is 8.10. The molecule has 10 aromatic rings. The van der Waals surface area contributed by atoms with E-state index in [-0.39, 0.29) is 5.69 Å². The van der Waals surface area contributed by atoms with Crippen LogP contribution in [0.5, 0.6) is 0 Å². The maximum atomic E-state index is 12.6. The summed E-state index contributed by atoms with van der Waals surface area (Å²) in [5.41, 5.74) is 15.8. The van der Waals surface area contributed by atoms with Crippen molar-refractivity contribution in [2.45, 2.75) is 0 Å². The van der Waals surface area contributed by atoms with Gasteiger partial charge in [-0.2, -0.15) is 0 Å². The van der Waals surface area contributed by atoms with Crippen LogP contribution in [-0.4, -0.2) is 19.1 Å². The van der Waals surface area contributed by atoms with Crippen molar-refractivity contribution in [1.29, 1.82) is 0 Å². The summed E-state index contributed by atoms with van der Waals surface area (Å²) in [6, 6.07) is 68.0. The molecule has 276 valence electrons. The molecule has 58 heavy (non-hydrogen) atoms. The first kappa shape index (κ1) is 34.8. The van der Waals surface area contributed by atoms with Crippen LogP contribution in [0.2, 0.25) is 0 Å². The van der Waals surface area contributed by atoms with Crippen molar-refractivity contribution in [1.82, 2.24) is 19.1 Å². The minimum Gasteiger partial charge on any atom is -0.295 e. The van der Waals surface area contributed by atoms with E-state index in [1.54, 1.807) is 9.13 Å². The zero-order valence-corrected chi connectivity index (χ0v) is 32.2. The van der Waals surface area contributed by atoms with Crippen molar-refractivity contribution < 1.29 is 0 Å². The molecule has 5 heteroatoms. The summed E-state index contributed by atoms with van der Waals surface area (Å²) in [6.45, 7) is 0. The standard InChI is InChI=1S/C53H38N4O/c1-56-50-31-28-42(33-51(50)57(2)53(56)58)45-30-29-44(46-18-9-10-19-47(45)46)38-24-20-36(21-25-38)37-22-26-39(27-23-37)48-34-49(55-52(54-48)40-14-7-4-8-15-40)43-17-11-16-41(32-43)35-12-5-3-6-13-35/h3-34H,1-2H3.